The molecule has 1 saturated heterocycles. The van der Waals surface area contributed by atoms with Crippen LogP contribution in [0.15, 0.2) is 16.5 Å². The predicted octanol–water partition coefficient (Wildman–Crippen LogP) is 1.48. The average molecular weight is 266 g/mol. The molecule has 1 aromatic heterocycles. The Labute approximate surface area is 113 Å². The lowest BCUT2D eigenvalue weighted by molar-refractivity contribution is 0.0317. The van der Waals surface area contributed by atoms with Gasteiger partial charge >= 0.3 is 0 Å². The van der Waals surface area contributed by atoms with Gasteiger partial charge in [-0.2, -0.15) is 0 Å². The molecule has 2 N–H and O–H groups in total. The molecule has 2 rings (SSSR count). The summed E-state index contributed by atoms with van der Waals surface area (Å²) < 4.78 is 11.0. The molecule has 0 bridgehead atoms. The van der Waals surface area contributed by atoms with Gasteiger partial charge in [-0.05, 0) is 51.4 Å². The number of carbonyl (C=O) groups is 1. The van der Waals surface area contributed by atoms with Crippen LogP contribution >= 0.6 is 0 Å². The summed E-state index contributed by atoms with van der Waals surface area (Å²) in [6.45, 7) is 5.22. The fourth-order valence-corrected chi connectivity index (χ4v) is 2.13. The Bertz CT molecular complexity index is 397. The van der Waals surface area contributed by atoms with Crippen molar-refractivity contribution in [2.75, 3.05) is 26.2 Å². The Morgan fingerprint density at radius 3 is 2.95 bits per heavy atom. The van der Waals surface area contributed by atoms with Crippen molar-refractivity contribution in [2.24, 2.45) is 0 Å². The van der Waals surface area contributed by atoms with Gasteiger partial charge in [-0.1, -0.05) is 0 Å². The van der Waals surface area contributed by atoms with E-state index in [-0.39, 0.29) is 5.91 Å². The summed E-state index contributed by atoms with van der Waals surface area (Å²) in [4.78, 5) is 11.7. The number of furan rings is 1. The number of rotatable bonds is 6. The van der Waals surface area contributed by atoms with Crippen LogP contribution in [0.2, 0.25) is 0 Å². The van der Waals surface area contributed by atoms with Crippen LogP contribution in [0.3, 0.4) is 0 Å². The molecule has 2 heterocycles. The highest BCUT2D eigenvalue weighted by Gasteiger charge is 2.13. The number of hydrogen-bond acceptors (Lipinski definition) is 4. The Hall–Kier alpha value is -1.33. The highest BCUT2D eigenvalue weighted by molar-refractivity contribution is 5.91. The van der Waals surface area contributed by atoms with E-state index in [0.717, 1.165) is 38.1 Å². The summed E-state index contributed by atoms with van der Waals surface area (Å²) >= 11 is 0. The molecule has 0 atom stereocenters. The zero-order valence-corrected chi connectivity index (χ0v) is 11.4. The second-order valence-electron chi connectivity index (χ2n) is 4.84. The van der Waals surface area contributed by atoms with Gasteiger partial charge in [-0.15, -0.1) is 0 Å². The molecule has 0 aromatic carbocycles. The fourth-order valence-electron chi connectivity index (χ4n) is 2.13. The van der Waals surface area contributed by atoms with Crippen LogP contribution in [-0.2, 0) is 4.74 Å². The first kappa shape index (κ1) is 14.1. The van der Waals surface area contributed by atoms with Crippen LogP contribution in [0.4, 0.5) is 0 Å². The van der Waals surface area contributed by atoms with E-state index in [2.05, 4.69) is 10.6 Å². The summed E-state index contributed by atoms with van der Waals surface area (Å²) in [6.07, 6.45) is 3.37. The zero-order valence-electron chi connectivity index (χ0n) is 11.4. The van der Waals surface area contributed by atoms with Crippen LogP contribution < -0.4 is 10.6 Å². The molecule has 5 nitrogen and oxygen atoms in total. The van der Waals surface area contributed by atoms with Crippen molar-refractivity contribution in [1.82, 2.24) is 10.6 Å². The Balaban J connectivity index is 1.55. The summed E-state index contributed by atoms with van der Waals surface area (Å²) in [5.41, 5.74) is 0. The second-order valence-corrected chi connectivity index (χ2v) is 4.84. The average Bonchev–Trinajstić information content (AvgIpc) is 2.86. The highest BCUT2D eigenvalue weighted by atomic mass is 16.5. The predicted molar refractivity (Wildman–Crippen MR) is 72.2 cm³/mol. The van der Waals surface area contributed by atoms with Crippen molar-refractivity contribution < 1.29 is 13.9 Å². The maximum Gasteiger partial charge on any atom is 0.286 e. The van der Waals surface area contributed by atoms with E-state index in [1.807, 2.05) is 6.92 Å². The smallest absolute Gasteiger partial charge is 0.286 e. The van der Waals surface area contributed by atoms with Gasteiger partial charge in [-0.25, -0.2) is 0 Å². The van der Waals surface area contributed by atoms with Crippen molar-refractivity contribution >= 4 is 5.91 Å². The topological polar surface area (TPSA) is 63.5 Å². The minimum atomic E-state index is -0.157. The third-order valence-corrected chi connectivity index (χ3v) is 3.21. The van der Waals surface area contributed by atoms with Gasteiger partial charge in [0.2, 0.25) is 0 Å². The Morgan fingerprint density at radius 1 is 1.47 bits per heavy atom. The number of piperidine rings is 1. The minimum absolute atomic E-state index is 0.157. The summed E-state index contributed by atoms with van der Waals surface area (Å²) in [7, 11) is 0. The first-order valence-corrected chi connectivity index (χ1v) is 6.92. The molecule has 0 unspecified atom stereocenters. The number of nitrogens with one attached hydrogen (secondary N) is 2. The largest absolute Gasteiger partial charge is 0.456 e. The van der Waals surface area contributed by atoms with Crippen molar-refractivity contribution in [3.8, 4) is 0 Å². The lowest BCUT2D eigenvalue weighted by Crippen LogP contribution is -2.33. The van der Waals surface area contributed by atoms with Crippen molar-refractivity contribution in [3.05, 3.63) is 23.7 Å². The molecule has 1 aliphatic heterocycles. The fraction of sp³-hybridized carbons (Fsp3) is 0.643. The van der Waals surface area contributed by atoms with Crippen molar-refractivity contribution in [2.45, 2.75) is 32.3 Å². The number of aryl methyl sites for hydroxylation is 1. The van der Waals surface area contributed by atoms with E-state index in [0.29, 0.717) is 25.0 Å². The van der Waals surface area contributed by atoms with Crippen LogP contribution in [0.25, 0.3) is 0 Å². The first-order chi connectivity index (χ1) is 9.25. The quantitative estimate of drug-likeness (QED) is 0.765. The van der Waals surface area contributed by atoms with E-state index >= 15 is 0 Å². The molecule has 0 spiro atoms. The Kier molecular flexibility index (Phi) is 5.42. The summed E-state index contributed by atoms with van der Waals surface area (Å²) in [5.74, 6) is 0.964. The number of hydrogen-bond donors (Lipinski definition) is 2. The SMILES string of the molecule is Cc1ccc(C(=O)NCCCOC2CCNCC2)o1. The van der Waals surface area contributed by atoms with Gasteiger partial charge in [0.15, 0.2) is 5.76 Å². The van der Waals surface area contributed by atoms with E-state index in [4.69, 9.17) is 9.15 Å². The normalized spacial score (nSPS) is 16.5. The molecular formula is C14H22N2O3. The van der Waals surface area contributed by atoms with E-state index in [1.54, 1.807) is 12.1 Å². The molecule has 0 saturated carbocycles. The van der Waals surface area contributed by atoms with Gasteiger partial charge in [0.05, 0.1) is 6.10 Å². The number of amides is 1. The molecule has 5 heteroatoms. The molecule has 106 valence electrons. The molecule has 1 fully saturated rings. The number of carbonyl (C=O) groups excluding carboxylic acids is 1. The molecular weight excluding hydrogens is 244 g/mol. The van der Waals surface area contributed by atoms with Crippen LogP contribution in [0.1, 0.15) is 35.6 Å². The van der Waals surface area contributed by atoms with Crippen LogP contribution in [-0.4, -0.2) is 38.3 Å². The van der Waals surface area contributed by atoms with Crippen LogP contribution in [0.5, 0.6) is 0 Å². The van der Waals surface area contributed by atoms with E-state index < -0.39 is 0 Å². The molecule has 1 aromatic rings. The Morgan fingerprint density at radius 2 is 2.26 bits per heavy atom. The highest BCUT2D eigenvalue weighted by Crippen LogP contribution is 2.07. The summed E-state index contributed by atoms with van der Waals surface area (Å²) in [6, 6.07) is 3.48. The standard InChI is InChI=1S/C14H22N2O3/c1-11-3-4-13(19-11)14(17)16-7-2-10-18-12-5-8-15-9-6-12/h3-4,12,15H,2,5-10H2,1H3,(H,16,17). The molecule has 0 radical (unpaired) electrons. The lowest BCUT2D eigenvalue weighted by atomic mass is 10.1. The molecule has 0 aliphatic carbocycles. The third kappa shape index (κ3) is 4.69. The van der Waals surface area contributed by atoms with Gasteiger partial charge in [0.25, 0.3) is 5.91 Å². The van der Waals surface area contributed by atoms with E-state index in [1.165, 1.54) is 0 Å². The van der Waals surface area contributed by atoms with Crippen molar-refractivity contribution in [3.63, 3.8) is 0 Å². The maximum atomic E-state index is 11.7. The lowest BCUT2D eigenvalue weighted by Gasteiger charge is -2.22. The van der Waals surface area contributed by atoms with Gasteiger partial charge in [0.1, 0.15) is 5.76 Å². The van der Waals surface area contributed by atoms with Crippen LogP contribution in [0, 0.1) is 6.92 Å². The van der Waals surface area contributed by atoms with E-state index in [9.17, 15) is 4.79 Å². The van der Waals surface area contributed by atoms with Crippen molar-refractivity contribution in [1.29, 1.82) is 0 Å². The monoisotopic (exact) mass is 266 g/mol. The molecule has 1 amide bonds. The maximum absolute atomic E-state index is 11.7. The molecule has 19 heavy (non-hydrogen) atoms. The number of ether oxygens (including phenoxy) is 1. The molecule has 1 aliphatic rings. The first-order valence-electron chi connectivity index (χ1n) is 6.92. The van der Waals surface area contributed by atoms with Gasteiger partial charge < -0.3 is 19.8 Å². The minimum Gasteiger partial charge on any atom is -0.456 e. The van der Waals surface area contributed by atoms with Gasteiger partial charge in [-0.3, -0.25) is 4.79 Å². The zero-order chi connectivity index (χ0) is 13.5. The van der Waals surface area contributed by atoms with Gasteiger partial charge in [0, 0.05) is 13.2 Å². The summed E-state index contributed by atoms with van der Waals surface area (Å²) in [5, 5.41) is 6.13. The third-order valence-electron chi connectivity index (χ3n) is 3.21. The second kappa shape index (κ2) is 7.31.